The molecule has 2 rings (SSSR count). The molecule has 0 fully saturated rings. The SMILES string of the molecule is CCNC(CCc1ccccc1)c1ccccc1I. The average Bonchev–Trinajstić information content (AvgIpc) is 2.45. The van der Waals surface area contributed by atoms with E-state index in [4.69, 9.17) is 0 Å². The maximum atomic E-state index is 3.61. The molecule has 0 aliphatic rings. The van der Waals surface area contributed by atoms with Gasteiger partial charge in [-0.2, -0.15) is 0 Å². The molecule has 2 aromatic carbocycles. The van der Waals surface area contributed by atoms with Crippen LogP contribution in [-0.4, -0.2) is 6.54 Å². The summed E-state index contributed by atoms with van der Waals surface area (Å²) < 4.78 is 1.35. The molecule has 1 atom stereocenters. The molecule has 0 aliphatic heterocycles. The molecule has 0 aliphatic carbocycles. The van der Waals surface area contributed by atoms with Gasteiger partial charge >= 0.3 is 0 Å². The van der Waals surface area contributed by atoms with Gasteiger partial charge in [-0.15, -0.1) is 0 Å². The van der Waals surface area contributed by atoms with Crippen LogP contribution >= 0.6 is 22.6 Å². The Balaban J connectivity index is 2.07. The quantitative estimate of drug-likeness (QED) is 0.740. The molecule has 1 unspecified atom stereocenters. The molecule has 0 bridgehead atoms. The Morgan fingerprint density at radius 3 is 2.37 bits per heavy atom. The molecule has 0 heterocycles. The van der Waals surface area contributed by atoms with Gasteiger partial charge in [0.25, 0.3) is 0 Å². The summed E-state index contributed by atoms with van der Waals surface area (Å²) in [4.78, 5) is 0. The standard InChI is InChI=1S/C17H20IN/c1-2-19-17(15-10-6-7-11-16(15)18)13-12-14-8-4-3-5-9-14/h3-11,17,19H,2,12-13H2,1H3. The van der Waals surface area contributed by atoms with Crippen LogP contribution in [0.25, 0.3) is 0 Å². The zero-order chi connectivity index (χ0) is 13.5. The molecule has 0 aromatic heterocycles. The first-order valence-corrected chi connectivity index (χ1v) is 7.91. The summed E-state index contributed by atoms with van der Waals surface area (Å²) in [6.45, 7) is 3.18. The summed E-state index contributed by atoms with van der Waals surface area (Å²) >= 11 is 2.43. The van der Waals surface area contributed by atoms with Gasteiger partial charge in [-0.25, -0.2) is 0 Å². The van der Waals surface area contributed by atoms with E-state index < -0.39 is 0 Å². The van der Waals surface area contributed by atoms with Crippen molar-refractivity contribution < 1.29 is 0 Å². The van der Waals surface area contributed by atoms with Crippen LogP contribution in [0.3, 0.4) is 0 Å². The fraction of sp³-hybridized carbons (Fsp3) is 0.294. The Morgan fingerprint density at radius 2 is 1.68 bits per heavy atom. The van der Waals surface area contributed by atoms with Crippen molar-refractivity contribution in [2.75, 3.05) is 6.54 Å². The average molecular weight is 365 g/mol. The highest BCUT2D eigenvalue weighted by atomic mass is 127. The maximum absolute atomic E-state index is 3.61. The third-order valence-corrected chi connectivity index (χ3v) is 4.28. The van der Waals surface area contributed by atoms with Crippen molar-refractivity contribution in [3.63, 3.8) is 0 Å². The van der Waals surface area contributed by atoms with Crippen LogP contribution in [0.15, 0.2) is 54.6 Å². The Kier molecular flexibility index (Phi) is 5.86. The van der Waals surface area contributed by atoms with Gasteiger partial charge in [0.05, 0.1) is 0 Å². The van der Waals surface area contributed by atoms with Crippen LogP contribution in [-0.2, 0) is 6.42 Å². The van der Waals surface area contributed by atoms with Crippen molar-refractivity contribution in [2.24, 2.45) is 0 Å². The number of rotatable bonds is 6. The van der Waals surface area contributed by atoms with Crippen molar-refractivity contribution in [1.29, 1.82) is 0 Å². The van der Waals surface area contributed by atoms with E-state index >= 15 is 0 Å². The van der Waals surface area contributed by atoms with E-state index in [1.54, 1.807) is 0 Å². The predicted octanol–water partition coefficient (Wildman–Crippen LogP) is 4.57. The van der Waals surface area contributed by atoms with Crippen molar-refractivity contribution >= 4 is 22.6 Å². The Bertz CT molecular complexity index is 496. The second kappa shape index (κ2) is 7.65. The lowest BCUT2D eigenvalue weighted by molar-refractivity contribution is 0.513. The summed E-state index contributed by atoms with van der Waals surface area (Å²) in [6, 6.07) is 19.8. The van der Waals surface area contributed by atoms with Gasteiger partial charge < -0.3 is 5.32 Å². The second-order valence-corrected chi connectivity index (χ2v) is 5.82. The van der Waals surface area contributed by atoms with E-state index in [2.05, 4.69) is 89.4 Å². The molecule has 0 amide bonds. The third kappa shape index (κ3) is 4.32. The zero-order valence-corrected chi connectivity index (χ0v) is 13.4. The molecule has 0 saturated carbocycles. The monoisotopic (exact) mass is 365 g/mol. The Labute approximate surface area is 129 Å². The highest BCUT2D eigenvalue weighted by molar-refractivity contribution is 14.1. The molecule has 19 heavy (non-hydrogen) atoms. The lowest BCUT2D eigenvalue weighted by atomic mass is 9.99. The zero-order valence-electron chi connectivity index (χ0n) is 11.3. The molecular formula is C17H20IN. The number of hydrogen-bond donors (Lipinski definition) is 1. The molecule has 0 spiro atoms. The van der Waals surface area contributed by atoms with Gasteiger partial charge in [-0.1, -0.05) is 55.5 Å². The summed E-state index contributed by atoms with van der Waals surface area (Å²) in [7, 11) is 0. The van der Waals surface area contributed by atoms with E-state index in [0.717, 1.165) is 19.4 Å². The molecule has 0 saturated heterocycles. The normalized spacial score (nSPS) is 12.3. The van der Waals surface area contributed by atoms with Crippen LogP contribution < -0.4 is 5.32 Å². The van der Waals surface area contributed by atoms with Crippen molar-refractivity contribution in [2.45, 2.75) is 25.8 Å². The van der Waals surface area contributed by atoms with E-state index in [-0.39, 0.29) is 0 Å². The van der Waals surface area contributed by atoms with Crippen molar-refractivity contribution in [1.82, 2.24) is 5.32 Å². The number of hydrogen-bond acceptors (Lipinski definition) is 1. The summed E-state index contributed by atoms with van der Waals surface area (Å²) in [5.41, 5.74) is 2.83. The van der Waals surface area contributed by atoms with Crippen LogP contribution in [0.4, 0.5) is 0 Å². The van der Waals surface area contributed by atoms with Gasteiger partial charge in [0.15, 0.2) is 0 Å². The molecule has 0 radical (unpaired) electrons. The van der Waals surface area contributed by atoms with Gasteiger partial charge in [0.1, 0.15) is 0 Å². The first-order valence-electron chi connectivity index (χ1n) is 6.83. The number of halogens is 1. The van der Waals surface area contributed by atoms with Crippen LogP contribution in [0.2, 0.25) is 0 Å². The fourth-order valence-electron chi connectivity index (χ4n) is 2.33. The second-order valence-electron chi connectivity index (χ2n) is 4.66. The molecule has 2 heteroatoms. The Hall–Kier alpha value is -0.870. The van der Waals surface area contributed by atoms with Gasteiger partial charge in [-0.3, -0.25) is 0 Å². The van der Waals surface area contributed by atoms with E-state index in [1.165, 1.54) is 14.7 Å². The number of nitrogens with one attached hydrogen (secondary N) is 1. The highest BCUT2D eigenvalue weighted by Crippen LogP contribution is 2.24. The minimum Gasteiger partial charge on any atom is -0.310 e. The first kappa shape index (κ1) is 14.5. The van der Waals surface area contributed by atoms with E-state index in [9.17, 15) is 0 Å². The van der Waals surface area contributed by atoms with Gasteiger partial charge in [-0.05, 0) is 59.2 Å². The predicted molar refractivity (Wildman–Crippen MR) is 90.3 cm³/mol. The highest BCUT2D eigenvalue weighted by Gasteiger charge is 2.12. The minimum atomic E-state index is 0.443. The minimum absolute atomic E-state index is 0.443. The van der Waals surface area contributed by atoms with Gasteiger partial charge in [0, 0.05) is 9.61 Å². The lowest BCUT2D eigenvalue weighted by Gasteiger charge is -2.19. The van der Waals surface area contributed by atoms with Crippen LogP contribution in [0, 0.1) is 3.57 Å². The lowest BCUT2D eigenvalue weighted by Crippen LogP contribution is -2.22. The van der Waals surface area contributed by atoms with Crippen LogP contribution in [0.5, 0.6) is 0 Å². The maximum Gasteiger partial charge on any atom is 0.0333 e. The smallest absolute Gasteiger partial charge is 0.0333 e. The topological polar surface area (TPSA) is 12.0 Å². The molecule has 100 valence electrons. The van der Waals surface area contributed by atoms with Gasteiger partial charge in [0.2, 0.25) is 0 Å². The summed E-state index contributed by atoms with van der Waals surface area (Å²) in [6.07, 6.45) is 2.25. The molecule has 1 N–H and O–H groups in total. The number of benzene rings is 2. The van der Waals surface area contributed by atoms with E-state index in [1.807, 2.05) is 0 Å². The summed E-state index contributed by atoms with van der Waals surface area (Å²) in [5, 5.41) is 3.61. The molecule has 2 aromatic rings. The largest absolute Gasteiger partial charge is 0.310 e. The van der Waals surface area contributed by atoms with Crippen molar-refractivity contribution in [3.05, 3.63) is 69.3 Å². The Morgan fingerprint density at radius 1 is 1.00 bits per heavy atom. The third-order valence-electron chi connectivity index (χ3n) is 3.30. The van der Waals surface area contributed by atoms with Crippen molar-refractivity contribution in [3.8, 4) is 0 Å². The molecular weight excluding hydrogens is 345 g/mol. The van der Waals surface area contributed by atoms with Crippen LogP contribution in [0.1, 0.15) is 30.5 Å². The van der Waals surface area contributed by atoms with E-state index in [0.29, 0.717) is 6.04 Å². The fourth-order valence-corrected chi connectivity index (χ4v) is 3.09. The summed E-state index contributed by atoms with van der Waals surface area (Å²) in [5.74, 6) is 0. The first-order chi connectivity index (χ1) is 9.31. The molecule has 1 nitrogen and oxygen atoms in total. The number of aryl methyl sites for hydroxylation is 1.